The summed E-state index contributed by atoms with van der Waals surface area (Å²) in [6.45, 7) is 3.81. The number of rotatable bonds is 8. The zero-order valence-corrected chi connectivity index (χ0v) is 20.5. The summed E-state index contributed by atoms with van der Waals surface area (Å²) < 4.78 is 18.2. The van der Waals surface area contributed by atoms with Crippen molar-refractivity contribution >= 4 is 45.1 Å². The molecule has 0 aliphatic carbocycles. The minimum absolute atomic E-state index is 0.371. The molecule has 0 saturated carbocycles. The number of halogens is 1. The van der Waals surface area contributed by atoms with Crippen molar-refractivity contribution in [2.24, 2.45) is 0 Å². The Bertz CT molecular complexity index is 1320. The number of fused-ring (bicyclic) bond motifs is 1. The normalized spacial score (nSPS) is 11.5. The molecule has 0 aliphatic rings. The predicted molar refractivity (Wildman–Crippen MR) is 137 cm³/mol. The molecular weight excluding hydrogens is 531 g/mol. The van der Waals surface area contributed by atoms with Crippen molar-refractivity contribution in [2.45, 2.75) is 13.8 Å². The molecule has 1 N–H and O–H groups in total. The van der Waals surface area contributed by atoms with E-state index >= 15 is 0 Å². The zero-order valence-electron chi connectivity index (χ0n) is 18.3. The lowest BCUT2D eigenvalue weighted by Gasteiger charge is -2.12. The van der Waals surface area contributed by atoms with E-state index in [2.05, 4.69) is 65.1 Å². The molecular formula is C27H23IO5. The van der Waals surface area contributed by atoms with Crippen molar-refractivity contribution in [2.75, 3.05) is 13.2 Å². The van der Waals surface area contributed by atoms with E-state index < -0.39 is 5.97 Å². The van der Waals surface area contributed by atoms with E-state index in [4.69, 9.17) is 19.0 Å². The highest BCUT2D eigenvalue weighted by atomic mass is 127. The second kappa shape index (κ2) is 10.1. The van der Waals surface area contributed by atoms with Crippen LogP contribution in [-0.2, 0) is 4.79 Å². The third-order valence-electron chi connectivity index (χ3n) is 5.14. The number of hydrogen-bond acceptors (Lipinski definition) is 4. The van der Waals surface area contributed by atoms with Gasteiger partial charge in [0.25, 0.3) is 0 Å². The summed E-state index contributed by atoms with van der Waals surface area (Å²) in [6.07, 6.45) is 2.07. The third kappa shape index (κ3) is 5.76. The first-order chi connectivity index (χ1) is 15.9. The monoisotopic (exact) mass is 554 g/mol. The third-order valence-corrected chi connectivity index (χ3v) is 5.86. The predicted octanol–water partition coefficient (Wildman–Crippen LogP) is 6.63. The SMILES string of the molecule is Cc1cc2cc(C(=CCOc3ccc(OCC(=O)O)c(C)c3)c3ccc(I)cc3)ccc2o1. The van der Waals surface area contributed by atoms with Crippen LogP contribution in [0.4, 0.5) is 0 Å². The molecule has 0 atom stereocenters. The molecule has 1 heterocycles. The Morgan fingerprint density at radius 2 is 1.73 bits per heavy atom. The molecule has 4 rings (SSSR count). The molecule has 0 unspecified atom stereocenters. The summed E-state index contributed by atoms with van der Waals surface area (Å²) in [5, 5.41) is 9.85. The number of carbonyl (C=O) groups is 1. The van der Waals surface area contributed by atoms with Gasteiger partial charge >= 0.3 is 5.97 Å². The summed E-state index contributed by atoms with van der Waals surface area (Å²) in [4.78, 5) is 10.7. The number of ether oxygens (including phenoxy) is 2. The van der Waals surface area contributed by atoms with Crippen LogP contribution in [0, 0.1) is 17.4 Å². The second-order valence-corrected chi connectivity index (χ2v) is 8.90. The van der Waals surface area contributed by atoms with Crippen LogP contribution in [0.3, 0.4) is 0 Å². The van der Waals surface area contributed by atoms with Gasteiger partial charge in [0.2, 0.25) is 0 Å². The van der Waals surface area contributed by atoms with Crippen LogP contribution < -0.4 is 9.47 Å². The molecule has 168 valence electrons. The Morgan fingerprint density at radius 3 is 2.45 bits per heavy atom. The topological polar surface area (TPSA) is 68.9 Å². The van der Waals surface area contributed by atoms with Crippen molar-refractivity contribution in [3.05, 3.63) is 98.8 Å². The van der Waals surface area contributed by atoms with E-state index in [-0.39, 0.29) is 6.61 Å². The van der Waals surface area contributed by atoms with Gasteiger partial charge in [0.1, 0.15) is 29.4 Å². The number of aryl methyl sites for hydroxylation is 2. The van der Waals surface area contributed by atoms with Gasteiger partial charge in [0, 0.05) is 8.96 Å². The molecule has 0 radical (unpaired) electrons. The van der Waals surface area contributed by atoms with Crippen molar-refractivity contribution in [3.63, 3.8) is 0 Å². The lowest BCUT2D eigenvalue weighted by Crippen LogP contribution is -2.10. The highest BCUT2D eigenvalue weighted by Gasteiger charge is 2.09. The summed E-state index contributed by atoms with van der Waals surface area (Å²) >= 11 is 2.30. The Labute approximate surface area is 205 Å². The van der Waals surface area contributed by atoms with Gasteiger partial charge in [-0.25, -0.2) is 4.79 Å². The summed E-state index contributed by atoms with van der Waals surface area (Å²) in [5.41, 5.74) is 4.95. The first-order valence-corrected chi connectivity index (χ1v) is 11.5. The molecule has 1 aromatic heterocycles. The number of aliphatic carboxylic acids is 1. The first-order valence-electron chi connectivity index (χ1n) is 10.4. The highest BCUT2D eigenvalue weighted by Crippen LogP contribution is 2.29. The number of carboxylic acid groups (broad SMARTS) is 1. The van der Waals surface area contributed by atoms with Gasteiger partial charge in [0.05, 0.1) is 0 Å². The van der Waals surface area contributed by atoms with E-state index in [1.165, 1.54) is 3.57 Å². The Hall–Kier alpha value is -3.26. The van der Waals surface area contributed by atoms with Crippen molar-refractivity contribution in [1.29, 1.82) is 0 Å². The zero-order chi connectivity index (χ0) is 23.4. The van der Waals surface area contributed by atoms with Crippen molar-refractivity contribution in [1.82, 2.24) is 0 Å². The number of hydrogen-bond donors (Lipinski definition) is 1. The quantitative estimate of drug-likeness (QED) is 0.248. The maximum Gasteiger partial charge on any atom is 0.341 e. The van der Waals surface area contributed by atoms with Crippen molar-refractivity contribution in [3.8, 4) is 11.5 Å². The fraction of sp³-hybridized carbons (Fsp3) is 0.148. The number of furan rings is 1. The molecule has 0 bridgehead atoms. The largest absolute Gasteiger partial charge is 0.489 e. The van der Waals surface area contributed by atoms with Gasteiger partial charge in [-0.1, -0.05) is 18.2 Å². The van der Waals surface area contributed by atoms with Crippen LogP contribution in [0.5, 0.6) is 11.5 Å². The molecule has 3 aromatic carbocycles. The second-order valence-electron chi connectivity index (χ2n) is 7.66. The Morgan fingerprint density at radius 1 is 0.970 bits per heavy atom. The minimum atomic E-state index is -1.01. The highest BCUT2D eigenvalue weighted by molar-refractivity contribution is 14.1. The van der Waals surface area contributed by atoms with Gasteiger partial charge in [-0.2, -0.15) is 0 Å². The fourth-order valence-corrected chi connectivity index (χ4v) is 3.97. The maximum absolute atomic E-state index is 10.7. The van der Waals surface area contributed by atoms with Gasteiger partial charge < -0.3 is 19.0 Å². The smallest absolute Gasteiger partial charge is 0.341 e. The molecule has 5 nitrogen and oxygen atoms in total. The lowest BCUT2D eigenvalue weighted by molar-refractivity contribution is -0.139. The maximum atomic E-state index is 10.7. The molecule has 0 amide bonds. The van der Waals surface area contributed by atoms with E-state index in [0.717, 1.165) is 39.0 Å². The van der Waals surface area contributed by atoms with E-state index in [1.807, 2.05) is 32.0 Å². The lowest BCUT2D eigenvalue weighted by atomic mass is 9.97. The van der Waals surface area contributed by atoms with Crippen molar-refractivity contribution < 1.29 is 23.8 Å². The van der Waals surface area contributed by atoms with E-state index in [9.17, 15) is 4.79 Å². The molecule has 6 heteroatoms. The Kier molecular flexibility index (Phi) is 7.03. The minimum Gasteiger partial charge on any atom is -0.489 e. The first kappa shape index (κ1) is 22.9. The summed E-state index contributed by atoms with van der Waals surface area (Å²) in [5.74, 6) is 1.10. The van der Waals surface area contributed by atoms with Crippen LogP contribution in [0.2, 0.25) is 0 Å². The van der Waals surface area contributed by atoms with Gasteiger partial charge in [-0.15, -0.1) is 0 Å². The van der Waals surface area contributed by atoms with E-state index in [0.29, 0.717) is 18.1 Å². The van der Waals surface area contributed by atoms with Gasteiger partial charge in [-0.05, 0) is 113 Å². The molecule has 0 aliphatic heterocycles. The number of carboxylic acids is 1. The standard InChI is InChI=1S/C27H23IO5/c1-17-13-23(8-10-25(17)32-16-27(29)30)31-12-11-24(19-3-6-22(28)7-4-19)20-5-9-26-21(15-20)14-18(2)33-26/h3-11,13-15H,12,16H2,1-2H3,(H,29,30). The van der Waals surface area contributed by atoms with Crippen LogP contribution >= 0.6 is 22.6 Å². The summed E-state index contributed by atoms with van der Waals surface area (Å²) in [6, 6.07) is 22.0. The van der Waals surface area contributed by atoms with Crippen LogP contribution in [-0.4, -0.2) is 24.3 Å². The molecule has 0 saturated heterocycles. The fourth-order valence-electron chi connectivity index (χ4n) is 3.61. The molecule has 0 spiro atoms. The molecule has 33 heavy (non-hydrogen) atoms. The average molecular weight is 554 g/mol. The van der Waals surface area contributed by atoms with Crippen LogP contribution in [0.15, 0.2) is 77.2 Å². The molecule has 4 aromatic rings. The van der Waals surface area contributed by atoms with Crippen LogP contribution in [0.25, 0.3) is 16.5 Å². The average Bonchev–Trinajstić information content (AvgIpc) is 3.16. The van der Waals surface area contributed by atoms with Gasteiger partial charge in [0.15, 0.2) is 6.61 Å². The van der Waals surface area contributed by atoms with E-state index in [1.54, 1.807) is 12.1 Å². The van der Waals surface area contributed by atoms with Crippen LogP contribution in [0.1, 0.15) is 22.5 Å². The summed E-state index contributed by atoms with van der Waals surface area (Å²) in [7, 11) is 0. The molecule has 0 fully saturated rings. The Balaban J connectivity index is 1.58. The number of benzene rings is 3. The van der Waals surface area contributed by atoms with Gasteiger partial charge in [-0.3, -0.25) is 0 Å².